The summed E-state index contributed by atoms with van der Waals surface area (Å²) >= 11 is 2.67. The largest absolute Gasteiger partial charge is 0.379 e. The average molecular weight is 886 g/mol. The highest BCUT2D eigenvalue weighted by Crippen LogP contribution is 2.27. The van der Waals surface area contributed by atoms with E-state index >= 15 is 0 Å². The van der Waals surface area contributed by atoms with Crippen molar-refractivity contribution in [2.75, 3.05) is 39.1 Å². The highest BCUT2D eigenvalue weighted by atomic mass is 32.3. The Kier molecular flexibility index (Phi) is 17.6. The molecule has 2 aliphatic rings. The molecule has 3 aromatic heterocycles. The molecule has 1 aliphatic carbocycles. The molecule has 308 valence electrons. The quantitative estimate of drug-likeness (QED) is 0.231. The molecule has 3 aromatic rings. The van der Waals surface area contributed by atoms with Crippen LogP contribution in [0.3, 0.4) is 0 Å². The van der Waals surface area contributed by atoms with Crippen LogP contribution in [0, 0.1) is 11.3 Å². The number of carbonyl (C=O) groups is 3. The monoisotopic (exact) mass is 885 g/mol. The van der Waals surface area contributed by atoms with Gasteiger partial charge in [-0.2, -0.15) is 0 Å². The third-order valence-corrected chi connectivity index (χ3v) is 14.7. The summed E-state index contributed by atoms with van der Waals surface area (Å²) < 4.78 is 71.2. The summed E-state index contributed by atoms with van der Waals surface area (Å²) in [7, 11) is -11.0. The number of nitrogens with two attached hydrogens (primary N) is 2. The molecular weight excluding hydrogens is 839 g/mol. The minimum Gasteiger partial charge on any atom is -0.379 e. The third-order valence-electron chi connectivity index (χ3n) is 7.67. The van der Waals surface area contributed by atoms with E-state index in [0.29, 0.717) is 53.5 Å². The number of sulfone groups is 1. The lowest BCUT2D eigenvalue weighted by atomic mass is 9.85. The predicted molar refractivity (Wildman–Crippen MR) is 204 cm³/mol. The Hall–Kier alpha value is -2.62. The van der Waals surface area contributed by atoms with Gasteiger partial charge in [0, 0.05) is 32.2 Å². The van der Waals surface area contributed by atoms with Crippen molar-refractivity contribution in [3.05, 3.63) is 15.0 Å². The fourth-order valence-electron chi connectivity index (χ4n) is 5.32. The van der Waals surface area contributed by atoms with E-state index in [4.69, 9.17) is 15.0 Å². The Morgan fingerprint density at radius 3 is 1.55 bits per heavy atom. The van der Waals surface area contributed by atoms with Gasteiger partial charge in [0.2, 0.25) is 22.9 Å². The van der Waals surface area contributed by atoms with Crippen LogP contribution < -0.4 is 10.3 Å². The number of hydrogen-bond donors (Lipinski definition) is 2. The van der Waals surface area contributed by atoms with E-state index in [1.54, 1.807) is 0 Å². The van der Waals surface area contributed by atoms with Gasteiger partial charge >= 0.3 is 0 Å². The van der Waals surface area contributed by atoms with Crippen LogP contribution in [0.5, 0.6) is 0 Å². The van der Waals surface area contributed by atoms with Gasteiger partial charge in [0.25, 0.3) is 20.0 Å². The van der Waals surface area contributed by atoms with E-state index in [9.17, 15) is 39.6 Å². The standard InChI is InChI=1S/C11H17N3O3S2.C10H15N3O4S2.C9H15N3O3S2/c12-19(16,17)11-14-13-10(18-11)7-9(15)6-8-4-2-1-3-5-8;1-19(15,16)10-12-11-9(18-10)6-8(14)7-13-2-4-17-5-3-13;1-9(2,3)5-6(13)4-7-11-12-8(16-7)17(10,14)15/h8H,1-7H2,(H2,12,16,17);2-7H2,1H3;4-5H2,1-3H3,(H2,10,14,15). The molecule has 0 unspecified atom stereocenters. The van der Waals surface area contributed by atoms with Gasteiger partial charge in [-0.1, -0.05) is 86.9 Å². The third kappa shape index (κ3) is 18.0. The van der Waals surface area contributed by atoms with Crippen LogP contribution >= 0.6 is 34.0 Å². The first-order chi connectivity index (χ1) is 25.5. The van der Waals surface area contributed by atoms with Crippen molar-refractivity contribution in [1.82, 2.24) is 35.5 Å². The highest BCUT2D eigenvalue weighted by molar-refractivity contribution is 7.92. The Balaban J connectivity index is 0.000000222. The smallest absolute Gasteiger partial charge is 0.267 e. The number of nitrogens with zero attached hydrogens (tertiary/aromatic N) is 7. The number of hydrogen-bond acceptors (Lipinski definition) is 20. The number of primary sulfonamides is 2. The van der Waals surface area contributed by atoms with Gasteiger partial charge in [0.1, 0.15) is 26.6 Å². The van der Waals surface area contributed by atoms with Crippen LogP contribution in [-0.4, -0.2) is 117 Å². The van der Waals surface area contributed by atoms with Crippen molar-refractivity contribution < 1.29 is 44.4 Å². The number of rotatable bonds is 14. The Labute approximate surface area is 333 Å². The normalized spacial score (nSPS) is 16.0. The van der Waals surface area contributed by atoms with Crippen LogP contribution in [0.2, 0.25) is 0 Å². The van der Waals surface area contributed by atoms with Crippen LogP contribution in [-0.2, 0) is 68.3 Å². The molecular formula is C30H47N9O10S6. The zero-order chi connectivity index (χ0) is 41.0. The predicted octanol–water partition coefficient (Wildman–Crippen LogP) is 1.39. The number of ether oxygens (including phenoxy) is 1. The maximum Gasteiger partial charge on any atom is 0.267 e. The number of Topliss-reactive ketones (excluding diaryl/α,β-unsaturated/α-hetero) is 3. The number of carbonyl (C=O) groups excluding carboxylic acids is 3. The molecule has 0 atom stereocenters. The maximum atomic E-state index is 11.9. The molecule has 4 N–H and O–H groups in total. The Bertz CT molecular complexity index is 1980. The molecule has 2 fully saturated rings. The fourth-order valence-corrected chi connectivity index (χ4v) is 10.0. The summed E-state index contributed by atoms with van der Waals surface area (Å²) in [4.78, 5) is 37.4. The molecule has 1 saturated heterocycles. The number of sulfonamides is 2. The van der Waals surface area contributed by atoms with Gasteiger partial charge < -0.3 is 4.74 Å². The molecule has 5 rings (SSSR count). The van der Waals surface area contributed by atoms with Gasteiger partial charge in [-0.05, 0) is 11.3 Å². The molecule has 0 spiro atoms. The average Bonchev–Trinajstić information content (AvgIpc) is 3.83. The Morgan fingerprint density at radius 1 is 0.691 bits per heavy atom. The number of aromatic nitrogens is 6. The van der Waals surface area contributed by atoms with Gasteiger partial charge in [0.15, 0.2) is 5.78 Å². The second-order valence-corrected chi connectivity index (χ2v) is 23.1. The maximum absolute atomic E-state index is 11.9. The first kappa shape index (κ1) is 46.8. The lowest BCUT2D eigenvalue weighted by molar-refractivity contribution is -0.121. The minimum absolute atomic E-state index is 0.00891. The van der Waals surface area contributed by atoms with Crippen molar-refractivity contribution in [3.63, 3.8) is 0 Å². The lowest BCUT2D eigenvalue weighted by Gasteiger charge is -2.25. The summed E-state index contributed by atoms with van der Waals surface area (Å²) in [6.45, 7) is 9.00. The molecule has 25 heteroatoms. The van der Waals surface area contributed by atoms with Crippen molar-refractivity contribution in [2.24, 2.45) is 21.6 Å². The SMILES string of the molecule is CC(C)(C)CC(=O)Cc1nnc(S(N)(=O)=O)s1.CS(=O)(=O)c1nnc(CC(=O)CN2CCOCC2)s1.NS(=O)(=O)c1nnc(CC(=O)CC2CCCCC2)s1. The van der Waals surface area contributed by atoms with Gasteiger partial charge in [-0.3, -0.25) is 19.3 Å². The zero-order valence-electron chi connectivity index (χ0n) is 31.0. The van der Waals surface area contributed by atoms with E-state index in [-0.39, 0.29) is 55.0 Å². The summed E-state index contributed by atoms with van der Waals surface area (Å²) in [5.41, 5.74) is -0.0927. The highest BCUT2D eigenvalue weighted by Gasteiger charge is 2.22. The van der Waals surface area contributed by atoms with Crippen LogP contribution in [0.15, 0.2) is 13.0 Å². The van der Waals surface area contributed by atoms with Crippen LogP contribution in [0.1, 0.15) is 80.7 Å². The number of ketones is 3. The van der Waals surface area contributed by atoms with Crippen LogP contribution in [0.25, 0.3) is 0 Å². The van der Waals surface area contributed by atoms with Crippen molar-refractivity contribution in [2.45, 2.75) is 98.0 Å². The second-order valence-electron chi connectivity index (χ2n) is 14.2. The molecule has 1 aliphatic heterocycles. The van der Waals surface area contributed by atoms with Crippen molar-refractivity contribution in [3.8, 4) is 0 Å². The van der Waals surface area contributed by atoms with E-state index in [0.717, 1.165) is 66.2 Å². The molecule has 0 radical (unpaired) electrons. The zero-order valence-corrected chi connectivity index (χ0v) is 35.9. The van der Waals surface area contributed by atoms with Gasteiger partial charge in [-0.25, -0.2) is 35.5 Å². The van der Waals surface area contributed by atoms with E-state index in [1.165, 1.54) is 19.3 Å². The molecule has 1 saturated carbocycles. The molecule has 55 heavy (non-hydrogen) atoms. The molecule has 0 aromatic carbocycles. The van der Waals surface area contributed by atoms with Gasteiger partial charge in [-0.15, -0.1) is 30.6 Å². The summed E-state index contributed by atoms with van der Waals surface area (Å²) in [5, 5.41) is 32.7. The minimum atomic E-state index is -3.82. The molecule has 0 amide bonds. The summed E-state index contributed by atoms with van der Waals surface area (Å²) in [6.07, 6.45) is 8.33. The molecule has 0 bridgehead atoms. The molecule has 4 heterocycles. The van der Waals surface area contributed by atoms with Gasteiger partial charge in [0.05, 0.1) is 39.0 Å². The summed E-state index contributed by atoms with van der Waals surface area (Å²) in [6, 6.07) is 0. The van der Waals surface area contributed by atoms with Crippen molar-refractivity contribution >= 4 is 81.2 Å². The Morgan fingerprint density at radius 2 is 1.13 bits per heavy atom. The first-order valence-corrected chi connectivity index (χ1v) is 24.5. The van der Waals surface area contributed by atoms with E-state index in [1.807, 2.05) is 25.7 Å². The van der Waals surface area contributed by atoms with Crippen LogP contribution in [0.4, 0.5) is 0 Å². The van der Waals surface area contributed by atoms with Crippen molar-refractivity contribution in [1.29, 1.82) is 0 Å². The van der Waals surface area contributed by atoms with E-state index in [2.05, 4.69) is 30.6 Å². The van der Waals surface area contributed by atoms with E-state index < -0.39 is 29.9 Å². The molecule has 19 nitrogen and oxygen atoms in total. The fraction of sp³-hybridized carbons (Fsp3) is 0.700. The first-order valence-electron chi connectivity index (χ1n) is 17.1. The summed E-state index contributed by atoms with van der Waals surface area (Å²) in [5.74, 6) is 0.601. The topological polar surface area (TPSA) is 295 Å². The second kappa shape index (κ2) is 20.7. The lowest BCUT2D eigenvalue weighted by Crippen LogP contribution is -2.39. The number of morpholine rings is 1.